The van der Waals surface area contributed by atoms with Crippen LogP contribution < -0.4 is 11.2 Å². The summed E-state index contributed by atoms with van der Waals surface area (Å²) in [5, 5.41) is 4.44. The van der Waals surface area contributed by atoms with Gasteiger partial charge in [-0.15, -0.1) is 5.73 Å². The number of fused-ring (bicyclic) bond motifs is 1. The fraction of sp³-hybridized carbons (Fsp3) is 0.500. The van der Waals surface area contributed by atoms with Crippen LogP contribution in [0.1, 0.15) is 67.2 Å². The normalized spacial score (nSPS) is 22.4. The number of hydrogen-bond acceptors (Lipinski definition) is 6. The molecule has 0 spiro atoms. The molecule has 3 aromatic heterocycles. The van der Waals surface area contributed by atoms with E-state index in [1.807, 2.05) is 10.9 Å². The first-order valence-electron chi connectivity index (χ1n) is 11.8. The van der Waals surface area contributed by atoms with Crippen molar-refractivity contribution in [3.63, 3.8) is 0 Å². The minimum atomic E-state index is -4.49. The van der Waals surface area contributed by atoms with Crippen LogP contribution in [0.2, 0.25) is 0 Å². The van der Waals surface area contributed by atoms with Gasteiger partial charge in [0.25, 0.3) is 5.56 Å². The Balaban J connectivity index is 1.45. The molecule has 1 aliphatic heterocycles. The van der Waals surface area contributed by atoms with Gasteiger partial charge >= 0.3 is 11.9 Å². The molecule has 2 atom stereocenters. The van der Waals surface area contributed by atoms with Crippen molar-refractivity contribution in [1.82, 2.24) is 28.9 Å². The van der Waals surface area contributed by atoms with Crippen LogP contribution >= 0.6 is 0 Å². The van der Waals surface area contributed by atoms with Crippen molar-refractivity contribution in [3.8, 4) is 0 Å². The maximum absolute atomic E-state index is 13.1. The number of halogens is 3. The first-order valence-corrected chi connectivity index (χ1v) is 11.8. The third-order valence-electron chi connectivity index (χ3n) is 7.16. The Morgan fingerprint density at radius 3 is 2.56 bits per heavy atom. The fourth-order valence-corrected chi connectivity index (χ4v) is 4.87. The highest BCUT2D eigenvalue weighted by Crippen LogP contribution is 2.42. The summed E-state index contributed by atoms with van der Waals surface area (Å²) in [6, 6.07) is 0.442. The van der Waals surface area contributed by atoms with Gasteiger partial charge in [-0.25, -0.2) is 14.8 Å². The highest BCUT2D eigenvalue weighted by molar-refractivity contribution is 5.88. The number of alkyl halides is 3. The van der Waals surface area contributed by atoms with Crippen molar-refractivity contribution in [2.24, 2.45) is 14.1 Å². The molecule has 1 saturated heterocycles. The Labute approximate surface area is 202 Å². The van der Waals surface area contributed by atoms with Gasteiger partial charge in [0, 0.05) is 50.4 Å². The number of nitrogens with zero attached hydrogens (tertiary/aromatic N) is 6. The van der Waals surface area contributed by atoms with Crippen molar-refractivity contribution in [3.05, 3.63) is 61.6 Å². The summed E-state index contributed by atoms with van der Waals surface area (Å²) in [6.07, 6.45) is 2.02. The van der Waals surface area contributed by atoms with E-state index in [9.17, 15) is 22.8 Å². The summed E-state index contributed by atoms with van der Waals surface area (Å²) in [5.41, 5.74) is 1.74. The van der Waals surface area contributed by atoms with Gasteiger partial charge in [-0.05, 0) is 25.7 Å². The molecular weight excluding hydrogens is 477 g/mol. The van der Waals surface area contributed by atoms with Crippen LogP contribution in [0.5, 0.6) is 0 Å². The Kier molecular flexibility index (Phi) is 5.10. The van der Waals surface area contributed by atoms with Crippen LogP contribution in [0.3, 0.4) is 0 Å². The van der Waals surface area contributed by atoms with Gasteiger partial charge in [0.2, 0.25) is 0 Å². The number of hydrogen-bond donors (Lipinski definition) is 0. The van der Waals surface area contributed by atoms with E-state index in [1.54, 1.807) is 6.20 Å². The predicted molar refractivity (Wildman–Crippen MR) is 122 cm³/mol. The highest BCUT2D eigenvalue weighted by atomic mass is 19.4. The largest absolute Gasteiger partial charge is 0.420 e. The first-order chi connectivity index (χ1) is 17.1. The van der Waals surface area contributed by atoms with E-state index < -0.39 is 29.4 Å². The standard InChI is InChI=1S/C24H23F3N6O3/c1-31-20-18(13-7-15(8-13)24(25,26)27)29-21(30-19(20)22(34)32(2)23(31)35)12-5-6-36-17(9-12)14-10-28-33(11-14)16-3-4-16/h10-12,16-17H,3-7,9H2,1-2H3/t12-,17+/m0/s1. The lowest BCUT2D eigenvalue weighted by molar-refractivity contribution is -0.0934. The average Bonchev–Trinajstić information content (AvgIpc) is 3.55. The molecular formula is C24H23F3N6O3. The average molecular weight is 500 g/mol. The molecule has 0 radical (unpaired) electrons. The third-order valence-corrected chi connectivity index (χ3v) is 7.16. The summed E-state index contributed by atoms with van der Waals surface area (Å²) in [7, 11) is 2.80. The van der Waals surface area contributed by atoms with Crippen LogP contribution in [0.4, 0.5) is 13.2 Å². The lowest BCUT2D eigenvalue weighted by Gasteiger charge is -2.29. The van der Waals surface area contributed by atoms with E-state index in [2.05, 4.69) is 20.8 Å². The molecule has 3 aromatic rings. The summed E-state index contributed by atoms with van der Waals surface area (Å²) in [6.45, 7) is 0.437. The second-order valence-electron chi connectivity index (χ2n) is 9.66. The summed E-state index contributed by atoms with van der Waals surface area (Å²) >= 11 is 0. The highest BCUT2D eigenvalue weighted by Gasteiger charge is 2.39. The molecule has 9 nitrogen and oxygen atoms in total. The number of ether oxygens (including phenoxy) is 1. The molecule has 1 saturated carbocycles. The molecule has 2 fully saturated rings. The lowest BCUT2D eigenvalue weighted by atomic mass is 9.90. The quantitative estimate of drug-likeness (QED) is 0.511. The zero-order chi connectivity index (χ0) is 25.4. The monoisotopic (exact) mass is 500 g/mol. The fourth-order valence-electron chi connectivity index (χ4n) is 4.87. The smallest absolute Gasteiger partial charge is 0.373 e. The lowest BCUT2D eigenvalue weighted by Crippen LogP contribution is -2.38. The second kappa shape index (κ2) is 8.01. The zero-order valence-corrected chi connectivity index (χ0v) is 19.7. The van der Waals surface area contributed by atoms with Crippen molar-refractivity contribution < 1.29 is 17.9 Å². The summed E-state index contributed by atoms with van der Waals surface area (Å²) < 4.78 is 49.4. The maximum atomic E-state index is 13.1. The Hall–Kier alpha value is -3.50. The Morgan fingerprint density at radius 2 is 1.86 bits per heavy atom. The van der Waals surface area contributed by atoms with E-state index in [4.69, 9.17) is 4.74 Å². The van der Waals surface area contributed by atoms with Gasteiger partial charge in [0.1, 0.15) is 17.0 Å². The van der Waals surface area contributed by atoms with Gasteiger partial charge in [-0.1, -0.05) is 0 Å². The van der Waals surface area contributed by atoms with E-state index in [1.165, 1.54) is 18.7 Å². The number of allylic oxidation sites excluding steroid dienone is 1. The van der Waals surface area contributed by atoms with Crippen LogP contribution in [-0.2, 0) is 18.8 Å². The molecule has 188 valence electrons. The van der Waals surface area contributed by atoms with Gasteiger partial charge in [-0.2, -0.15) is 18.3 Å². The van der Waals surface area contributed by atoms with Gasteiger partial charge in [-0.3, -0.25) is 18.6 Å². The third kappa shape index (κ3) is 3.72. The SMILES string of the molecule is Cn1c(=O)c2nc([C@H]3CCO[C@@H](c4cnn(C5CC5)c4)C3)nc(C3=C=C(C(F)(F)F)C3)c2n(C)c1=O. The Morgan fingerprint density at radius 1 is 1.11 bits per heavy atom. The molecule has 12 heteroatoms. The van der Waals surface area contributed by atoms with Crippen LogP contribution in [0.15, 0.2) is 33.3 Å². The van der Waals surface area contributed by atoms with Crippen LogP contribution in [-0.4, -0.2) is 41.7 Å². The first kappa shape index (κ1) is 22.9. The minimum absolute atomic E-state index is 0.000969. The zero-order valence-electron chi connectivity index (χ0n) is 19.7. The van der Waals surface area contributed by atoms with Gasteiger partial charge < -0.3 is 4.74 Å². The molecule has 2 aliphatic carbocycles. The van der Waals surface area contributed by atoms with Crippen molar-refractivity contribution >= 4 is 16.6 Å². The Bertz CT molecular complexity index is 1590. The topological polar surface area (TPSA) is 96.8 Å². The number of aromatic nitrogens is 6. The van der Waals surface area contributed by atoms with Gasteiger partial charge in [0.05, 0.1) is 23.9 Å². The maximum Gasteiger partial charge on any atom is 0.420 e. The van der Waals surface area contributed by atoms with Gasteiger partial charge in [0.15, 0.2) is 5.52 Å². The van der Waals surface area contributed by atoms with Crippen molar-refractivity contribution in [2.45, 2.75) is 56.3 Å². The molecule has 0 N–H and O–H groups in total. The molecule has 4 heterocycles. The molecule has 0 bridgehead atoms. The summed E-state index contributed by atoms with van der Waals surface area (Å²) in [4.78, 5) is 34.8. The van der Waals surface area contributed by atoms with E-state index in [0.29, 0.717) is 31.3 Å². The van der Waals surface area contributed by atoms with Crippen molar-refractivity contribution in [1.29, 1.82) is 0 Å². The second-order valence-corrected chi connectivity index (χ2v) is 9.66. The van der Waals surface area contributed by atoms with Crippen molar-refractivity contribution in [2.75, 3.05) is 6.61 Å². The van der Waals surface area contributed by atoms with Crippen LogP contribution in [0.25, 0.3) is 16.6 Å². The molecule has 36 heavy (non-hydrogen) atoms. The number of aryl methyl sites for hydroxylation is 1. The molecule has 0 unspecified atom stereocenters. The molecule has 0 amide bonds. The van der Waals surface area contributed by atoms with E-state index >= 15 is 0 Å². The molecule has 6 rings (SSSR count). The van der Waals surface area contributed by atoms with Crippen LogP contribution in [0, 0.1) is 0 Å². The molecule has 3 aliphatic rings. The van der Waals surface area contributed by atoms with E-state index in [0.717, 1.165) is 23.0 Å². The molecule has 0 aromatic carbocycles. The van der Waals surface area contributed by atoms with E-state index in [-0.39, 0.29) is 34.3 Å². The minimum Gasteiger partial charge on any atom is -0.373 e. The summed E-state index contributed by atoms with van der Waals surface area (Å²) in [5.74, 6) is 0.163. The predicted octanol–water partition coefficient (Wildman–Crippen LogP) is 3.07. The number of rotatable bonds is 4.